The van der Waals surface area contributed by atoms with Gasteiger partial charge in [-0.25, -0.2) is 0 Å². The van der Waals surface area contributed by atoms with Crippen LogP contribution in [0.2, 0.25) is 0 Å². The molecule has 2 nitrogen and oxygen atoms in total. The normalized spacial score (nSPS) is 7.83. The maximum Gasteiger partial charge on any atom is 0.178 e. The molecule has 0 spiro atoms. The lowest BCUT2D eigenvalue weighted by molar-refractivity contribution is 0.00254. The summed E-state index contributed by atoms with van der Waals surface area (Å²) in [6.45, 7) is 3.10. The van der Waals surface area contributed by atoms with Gasteiger partial charge in [-0.3, -0.25) is 0 Å². The molecule has 0 aromatic carbocycles. The number of hydrogen-bond acceptors (Lipinski definition) is 2. The predicted molar refractivity (Wildman–Crippen MR) is 21.9 cm³/mol. The van der Waals surface area contributed by atoms with Crippen LogP contribution in [-0.2, 0) is 0 Å². The molecule has 0 saturated heterocycles. The average molecular weight is 86.1 g/mol. The highest BCUT2D eigenvalue weighted by molar-refractivity contribution is 4.76. The summed E-state index contributed by atoms with van der Waals surface area (Å²) in [6, 6.07) is 0. The molecule has 0 aliphatic heterocycles. The summed E-state index contributed by atoms with van der Waals surface area (Å²) >= 11 is 0. The Bertz CT molecular complexity index is 69.6. The molecular weight excluding hydrogens is 80.0 g/mol. The van der Waals surface area contributed by atoms with Crippen molar-refractivity contribution >= 4 is 0 Å². The van der Waals surface area contributed by atoms with Gasteiger partial charge in [0.25, 0.3) is 0 Å². The van der Waals surface area contributed by atoms with Gasteiger partial charge >= 0.3 is 0 Å². The topological polar surface area (TPSA) is 40.5 Å². The van der Waals surface area contributed by atoms with Gasteiger partial charge in [-0.2, -0.15) is 0 Å². The van der Waals surface area contributed by atoms with Crippen LogP contribution in [0.15, 0.2) is 18.4 Å². The van der Waals surface area contributed by atoms with Crippen LogP contribution in [-0.4, -0.2) is 16.5 Å². The highest BCUT2D eigenvalue weighted by atomic mass is 16.5. The molecule has 2 heteroatoms. The predicted octanol–water partition coefficient (Wildman–Crippen LogP) is -0.362. The molecule has 0 rings (SSSR count). The molecule has 0 radical (unpaired) electrons. The van der Waals surface area contributed by atoms with Gasteiger partial charge in [0, 0.05) is 6.08 Å². The quantitative estimate of drug-likeness (QED) is 0.338. The molecule has 0 aliphatic carbocycles. The average Bonchev–Trinajstić information content (AvgIpc) is 1.35. The van der Waals surface area contributed by atoms with Crippen molar-refractivity contribution in [3.63, 3.8) is 0 Å². The molecule has 0 aromatic heterocycles. The molecule has 0 amide bonds. The van der Waals surface area contributed by atoms with E-state index in [-0.39, 0.29) is 0 Å². The van der Waals surface area contributed by atoms with Crippen molar-refractivity contribution in [2.75, 3.05) is 0 Å². The monoisotopic (exact) mass is 86.0 g/mol. The summed E-state index contributed by atoms with van der Waals surface area (Å²) in [5.41, 5.74) is 2.19. The number of rotatable bonds is 1. The summed E-state index contributed by atoms with van der Waals surface area (Å²) in [4.78, 5) is 0. The minimum absolute atomic E-state index is 1.04. The van der Waals surface area contributed by atoms with E-state index < -0.39 is 6.29 Å². The molecule has 0 bridgehead atoms. The first kappa shape index (κ1) is 5.44. The summed E-state index contributed by atoms with van der Waals surface area (Å²) in [5.74, 6) is 0. The Kier molecular flexibility index (Phi) is 2.42. The van der Waals surface area contributed by atoms with Crippen molar-refractivity contribution < 1.29 is 10.2 Å². The molecule has 0 aromatic rings. The van der Waals surface area contributed by atoms with E-state index in [0.29, 0.717) is 0 Å². The number of aliphatic hydroxyl groups excluding tert-OH is 1. The Hall–Kier alpha value is -0.560. The van der Waals surface area contributed by atoms with Gasteiger partial charge in [-0.05, 0) is 0 Å². The second kappa shape index (κ2) is 2.67. The summed E-state index contributed by atoms with van der Waals surface area (Å²) in [7, 11) is 0. The van der Waals surface area contributed by atoms with E-state index in [0.717, 1.165) is 6.08 Å². The van der Waals surface area contributed by atoms with E-state index in [9.17, 15) is 0 Å². The first-order valence-corrected chi connectivity index (χ1v) is 1.49. The highest BCUT2D eigenvalue weighted by Crippen LogP contribution is 1.69. The Morgan fingerprint density at radius 3 is 2.17 bits per heavy atom. The zero-order valence-corrected chi connectivity index (χ0v) is 3.26. The van der Waals surface area contributed by atoms with Gasteiger partial charge in [-0.1, -0.05) is 6.58 Å². The molecule has 0 atom stereocenters. The molecule has 6 heavy (non-hydrogen) atoms. The first-order valence-electron chi connectivity index (χ1n) is 1.49. The van der Waals surface area contributed by atoms with E-state index in [1.54, 1.807) is 0 Å². The van der Waals surface area contributed by atoms with Crippen molar-refractivity contribution in [2.24, 2.45) is 0 Å². The Morgan fingerprint density at radius 1 is 1.67 bits per heavy atom. The fourth-order valence-electron chi connectivity index (χ4n) is 0.105. The standard InChI is InChI=1S/C4H6O2/c1-2-3-4(5)6/h3-6H,1H2. The van der Waals surface area contributed by atoms with Crippen molar-refractivity contribution in [2.45, 2.75) is 6.29 Å². The van der Waals surface area contributed by atoms with Crippen molar-refractivity contribution in [1.29, 1.82) is 0 Å². The van der Waals surface area contributed by atoms with Gasteiger partial charge in [0.2, 0.25) is 0 Å². The van der Waals surface area contributed by atoms with Gasteiger partial charge in [0.1, 0.15) is 0 Å². The zero-order valence-electron chi connectivity index (χ0n) is 3.26. The van der Waals surface area contributed by atoms with Gasteiger partial charge in [0.15, 0.2) is 6.29 Å². The van der Waals surface area contributed by atoms with Crippen LogP contribution < -0.4 is 0 Å². The van der Waals surface area contributed by atoms with Crippen molar-refractivity contribution in [1.82, 2.24) is 0 Å². The maximum absolute atomic E-state index is 7.95. The highest BCUT2D eigenvalue weighted by Gasteiger charge is 1.79. The van der Waals surface area contributed by atoms with E-state index >= 15 is 0 Å². The third-order valence-corrected chi connectivity index (χ3v) is 0.267. The molecule has 0 aliphatic rings. The van der Waals surface area contributed by atoms with E-state index in [1.165, 1.54) is 0 Å². The third-order valence-electron chi connectivity index (χ3n) is 0.267. The summed E-state index contributed by atoms with van der Waals surface area (Å²) in [5, 5.41) is 15.9. The second-order valence-corrected chi connectivity index (χ2v) is 0.784. The van der Waals surface area contributed by atoms with E-state index in [2.05, 4.69) is 12.3 Å². The number of hydrogen-bond donors (Lipinski definition) is 2. The van der Waals surface area contributed by atoms with Crippen molar-refractivity contribution in [3.05, 3.63) is 18.4 Å². The van der Waals surface area contributed by atoms with Gasteiger partial charge < -0.3 is 10.2 Å². The largest absolute Gasteiger partial charge is 0.364 e. The Balaban J connectivity index is 3.29. The molecule has 0 heterocycles. The lowest BCUT2D eigenvalue weighted by Gasteiger charge is -1.84. The molecule has 2 N–H and O–H groups in total. The van der Waals surface area contributed by atoms with Crippen LogP contribution in [0.5, 0.6) is 0 Å². The van der Waals surface area contributed by atoms with Crippen LogP contribution in [0, 0.1) is 0 Å². The third kappa shape index (κ3) is 3.44. The molecule has 0 unspecified atom stereocenters. The van der Waals surface area contributed by atoms with Crippen LogP contribution in [0.25, 0.3) is 0 Å². The van der Waals surface area contributed by atoms with Gasteiger partial charge in [0.05, 0.1) is 0 Å². The Morgan fingerprint density at radius 2 is 2.17 bits per heavy atom. The van der Waals surface area contributed by atoms with Crippen molar-refractivity contribution in [3.8, 4) is 0 Å². The van der Waals surface area contributed by atoms with Crippen LogP contribution in [0.4, 0.5) is 0 Å². The zero-order chi connectivity index (χ0) is 4.99. The molecular formula is C4H6O2. The smallest absolute Gasteiger partial charge is 0.178 e. The second-order valence-electron chi connectivity index (χ2n) is 0.784. The Labute approximate surface area is 36.0 Å². The minimum Gasteiger partial charge on any atom is -0.364 e. The fourth-order valence-corrected chi connectivity index (χ4v) is 0.105. The lowest BCUT2D eigenvalue weighted by atomic mass is 10.6. The summed E-state index contributed by atoms with van der Waals surface area (Å²) < 4.78 is 0. The summed E-state index contributed by atoms with van der Waals surface area (Å²) in [6.07, 6.45) is -0.359. The SMILES string of the molecule is C=C=CC(O)O. The van der Waals surface area contributed by atoms with Gasteiger partial charge in [-0.15, -0.1) is 5.73 Å². The van der Waals surface area contributed by atoms with Crippen LogP contribution in [0.3, 0.4) is 0 Å². The molecule has 0 fully saturated rings. The molecule has 34 valence electrons. The fraction of sp³-hybridized carbons (Fsp3) is 0.250. The van der Waals surface area contributed by atoms with E-state index in [1.807, 2.05) is 0 Å². The van der Waals surface area contributed by atoms with Crippen LogP contribution in [0.1, 0.15) is 0 Å². The lowest BCUT2D eigenvalue weighted by Crippen LogP contribution is -1.95. The molecule has 0 saturated carbocycles. The first-order chi connectivity index (χ1) is 2.77. The maximum atomic E-state index is 7.95. The minimum atomic E-state index is -1.40. The van der Waals surface area contributed by atoms with Crippen LogP contribution >= 0.6 is 0 Å². The number of aliphatic hydroxyl groups is 2. The van der Waals surface area contributed by atoms with E-state index in [4.69, 9.17) is 10.2 Å².